The highest BCUT2D eigenvalue weighted by Crippen LogP contribution is 2.22. The van der Waals surface area contributed by atoms with E-state index in [2.05, 4.69) is 4.90 Å². The SMILES string of the molecule is CN(CCOc1ccccc1F)C1CCCCC1O. The van der Waals surface area contributed by atoms with Crippen molar-refractivity contribution in [3.8, 4) is 5.75 Å². The zero-order valence-electron chi connectivity index (χ0n) is 11.4. The highest BCUT2D eigenvalue weighted by Gasteiger charge is 2.26. The minimum Gasteiger partial charge on any atom is -0.489 e. The first-order valence-electron chi connectivity index (χ1n) is 6.94. The van der Waals surface area contributed by atoms with Gasteiger partial charge in [0.15, 0.2) is 11.6 Å². The smallest absolute Gasteiger partial charge is 0.165 e. The molecule has 0 amide bonds. The highest BCUT2D eigenvalue weighted by atomic mass is 19.1. The van der Waals surface area contributed by atoms with Crippen LogP contribution in [0.5, 0.6) is 5.75 Å². The van der Waals surface area contributed by atoms with Crippen LogP contribution in [0.25, 0.3) is 0 Å². The number of hydrogen-bond acceptors (Lipinski definition) is 3. The van der Waals surface area contributed by atoms with Crippen LogP contribution < -0.4 is 4.74 Å². The number of hydrogen-bond donors (Lipinski definition) is 1. The van der Waals surface area contributed by atoms with Gasteiger partial charge in [-0.05, 0) is 32.0 Å². The van der Waals surface area contributed by atoms with Gasteiger partial charge in [0.1, 0.15) is 6.61 Å². The molecule has 0 bridgehead atoms. The number of ether oxygens (including phenoxy) is 1. The summed E-state index contributed by atoms with van der Waals surface area (Å²) in [6.45, 7) is 1.12. The summed E-state index contributed by atoms with van der Waals surface area (Å²) in [7, 11) is 1.99. The molecule has 1 fully saturated rings. The lowest BCUT2D eigenvalue weighted by molar-refractivity contribution is 0.0270. The number of nitrogens with zero attached hydrogens (tertiary/aromatic N) is 1. The van der Waals surface area contributed by atoms with Crippen LogP contribution in [0.4, 0.5) is 4.39 Å². The maximum Gasteiger partial charge on any atom is 0.165 e. The van der Waals surface area contributed by atoms with Crippen molar-refractivity contribution in [1.82, 2.24) is 4.90 Å². The first-order valence-corrected chi connectivity index (χ1v) is 6.94. The van der Waals surface area contributed by atoms with Crippen LogP contribution in [0.15, 0.2) is 24.3 Å². The van der Waals surface area contributed by atoms with E-state index in [-0.39, 0.29) is 18.0 Å². The van der Waals surface area contributed by atoms with Crippen LogP contribution >= 0.6 is 0 Å². The Labute approximate surface area is 114 Å². The van der Waals surface area contributed by atoms with Crippen molar-refractivity contribution in [1.29, 1.82) is 0 Å². The fourth-order valence-electron chi connectivity index (χ4n) is 2.63. The summed E-state index contributed by atoms with van der Waals surface area (Å²) in [6, 6.07) is 6.63. The van der Waals surface area contributed by atoms with Gasteiger partial charge in [-0.2, -0.15) is 0 Å². The number of halogens is 1. The second kappa shape index (κ2) is 6.87. The average Bonchev–Trinajstić information content (AvgIpc) is 2.41. The second-order valence-electron chi connectivity index (χ2n) is 5.18. The number of likely N-dealkylation sites (N-methyl/N-ethyl adjacent to an activating group) is 1. The summed E-state index contributed by atoms with van der Waals surface area (Å²) < 4.78 is 18.8. The molecule has 2 rings (SSSR count). The van der Waals surface area contributed by atoms with Crippen LogP contribution in [0, 0.1) is 5.82 Å². The first-order chi connectivity index (χ1) is 9.18. The molecule has 0 radical (unpaired) electrons. The molecule has 4 heteroatoms. The Hall–Kier alpha value is -1.13. The van der Waals surface area contributed by atoms with Crippen molar-refractivity contribution in [3.05, 3.63) is 30.1 Å². The largest absolute Gasteiger partial charge is 0.489 e. The predicted octanol–water partition coefficient (Wildman–Crippen LogP) is 2.44. The third-order valence-corrected chi connectivity index (χ3v) is 3.80. The van der Waals surface area contributed by atoms with Gasteiger partial charge in [-0.1, -0.05) is 25.0 Å². The number of aliphatic hydroxyl groups excluding tert-OH is 1. The molecular weight excluding hydrogens is 245 g/mol. The monoisotopic (exact) mass is 267 g/mol. The van der Waals surface area contributed by atoms with Gasteiger partial charge in [0.25, 0.3) is 0 Å². The Kier molecular flexibility index (Phi) is 5.16. The second-order valence-corrected chi connectivity index (χ2v) is 5.18. The van der Waals surface area contributed by atoms with Gasteiger partial charge in [-0.3, -0.25) is 4.90 Å². The van der Waals surface area contributed by atoms with E-state index in [1.807, 2.05) is 7.05 Å². The summed E-state index contributed by atoms with van der Waals surface area (Å²) in [5, 5.41) is 9.96. The zero-order valence-corrected chi connectivity index (χ0v) is 11.4. The topological polar surface area (TPSA) is 32.7 Å². The van der Waals surface area contributed by atoms with Crippen molar-refractivity contribution in [2.24, 2.45) is 0 Å². The molecule has 3 nitrogen and oxygen atoms in total. The fourth-order valence-corrected chi connectivity index (χ4v) is 2.63. The molecule has 1 aliphatic carbocycles. The number of aliphatic hydroxyl groups is 1. The maximum atomic E-state index is 13.4. The summed E-state index contributed by atoms with van der Waals surface area (Å²) >= 11 is 0. The van der Waals surface area contributed by atoms with Crippen molar-refractivity contribution < 1.29 is 14.2 Å². The Morgan fingerprint density at radius 2 is 2.05 bits per heavy atom. The lowest BCUT2D eigenvalue weighted by Gasteiger charge is -2.35. The molecule has 1 aromatic rings. The van der Waals surface area contributed by atoms with Gasteiger partial charge in [0, 0.05) is 12.6 Å². The zero-order chi connectivity index (χ0) is 13.7. The molecule has 0 heterocycles. The minimum absolute atomic E-state index is 0.206. The van der Waals surface area contributed by atoms with E-state index >= 15 is 0 Å². The summed E-state index contributed by atoms with van der Waals surface area (Å²) in [5.74, 6) is -0.0389. The minimum atomic E-state index is -0.331. The fraction of sp³-hybridized carbons (Fsp3) is 0.600. The van der Waals surface area contributed by atoms with Crippen LogP contribution in [0.1, 0.15) is 25.7 Å². The van der Waals surface area contributed by atoms with E-state index in [0.29, 0.717) is 18.9 Å². The molecule has 106 valence electrons. The summed E-state index contributed by atoms with van der Waals surface area (Å²) in [4.78, 5) is 2.12. The number of benzene rings is 1. The Bertz CT molecular complexity index is 399. The van der Waals surface area contributed by atoms with Crippen LogP contribution in [-0.4, -0.2) is 42.4 Å². The van der Waals surface area contributed by atoms with Crippen LogP contribution in [0.3, 0.4) is 0 Å². The summed E-state index contributed by atoms with van der Waals surface area (Å²) in [5.41, 5.74) is 0. The van der Waals surface area contributed by atoms with Crippen LogP contribution in [-0.2, 0) is 0 Å². The first kappa shape index (κ1) is 14.3. The quantitative estimate of drug-likeness (QED) is 0.889. The van der Waals surface area contributed by atoms with Crippen molar-refractivity contribution in [2.45, 2.75) is 37.8 Å². The van der Waals surface area contributed by atoms with Gasteiger partial charge in [-0.15, -0.1) is 0 Å². The van der Waals surface area contributed by atoms with E-state index in [0.717, 1.165) is 19.3 Å². The van der Waals surface area contributed by atoms with E-state index in [9.17, 15) is 9.50 Å². The van der Waals surface area contributed by atoms with Gasteiger partial charge < -0.3 is 9.84 Å². The van der Waals surface area contributed by atoms with E-state index < -0.39 is 0 Å². The molecule has 0 saturated heterocycles. The Morgan fingerprint density at radius 3 is 2.79 bits per heavy atom. The number of rotatable bonds is 5. The predicted molar refractivity (Wildman–Crippen MR) is 72.8 cm³/mol. The van der Waals surface area contributed by atoms with Crippen molar-refractivity contribution >= 4 is 0 Å². The van der Waals surface area contributed by atoms with Crippen molar-refractivity contribution in [3.63, 3.8) is 0 Å². The molecule has 0 spiro atoms. The molecule has 1 aromatic carbocycles. The molecule has 19 heavy (non-hydrogen) atoms. The third kappa shape index (κ3) is 3.91. The van der Waals surface area contributed by atoms with E-state index in [1.165, 1.54) is 12.5 Å². The molecule has 1 N–H and O–H groups in total. The van der Waals surface area contributed by atoms with E-state index in [4.69, 9.17) is 4.74 Å². The normalized spacial score (nSPS) is 23.6. The Morgan fingerprint density at radius 1 is 1.32 bits per heavy atom. The number of para-hydroxylation sites is 1. The summed E-state index contributed by atoms with van der Waals surface area (Å²) in [6.07, 6.45) is 3.94. The maximum absolute atomic E-state index is 13.4. The highest BCUT2D eigenvalue weighted by molar-refractivity contribution is 5.23. The molecular formula is C15H22FNO2. The van der Waals surface area contributed by atoms with Crippen molar-refractivity contribution in [2.75, 3.05) is 20.2 Å². The molecule has 1 aliphatic rings. The molecule has 2 atom stereocenters. The third-order valence-electron chi connectivity index (χ3n) is 3.80. The van der Waals surface area contributed by atoms with Gasteiger partial charge in [0.05, 0.1) is 6.10 Å². The Balaban J connectivity index is 1.77. The van der Waals surface area contributed by atoms with Crippen LogP contribution in [0.2, 0.25) is 0 Å². The molecule has 1 saturated carbocycles. The van der Waals surface area contributed by atoms with E-state index in [1.54, 1.807) is 18.2 Å². The lowest BCUT2D eigenvalue weighted by atomic mass is 9.92. The molecule has 0 aliphatic heterocycles. The van der Waals surface area contributed by atoms with Gasteiger partial charge in [-0.25, -0.2) is 4.39 Å². The molecule has 0 aromatic heterocycles. The van der Waals surface area contributed by atoms with Gasteiger partial charge >= 0.3 is 0 Å². The lowest BCUT2D eigenvalue weighted by Crippen LogP contribution is -2.44. The average molecular weight is 267 g/mol. The standard InChI is InChI=1S/C15H22FNO2/c1-17(13-7-3-4-8-14(13)18)10-11-19-15-9-5-2-6-12(15)16/h2,5-6,9,13-14,18H,3-4,7-8,10-11H2,1H3. The van der Waals surface area contributed by atoms with Gasteiger partial charge in [0.2, 0.25) is 0 Å². The molecule has 2 unspecified atom stereocenters.